The quantitative estimate of drug-likeness (QED) is 0.232. The Morgan fingerprint density at radius 2 is 0.786 bits per heavy atom. The maximum absolute atomic E-state index is 13.2. The van der Waals surface area contributed by atoms with E-state index < -0.39 is 10.9 Å². The van der Waals surface area contributed by atoms with Gasteiger partial charge in [0.25, 0.3) is 0 Å². The van der Waals surface area contributed by atoms with E-state index in [0.717, 1.165) is 37.9 Å². The highest BCUT2D eigenvalue weighted by atomic mass is 79.9. The van der Waals surface area contributed by atoms with Crippen molar-refractivity contribution in [3.05, 3.63) is 102 Å². The zero-order valence-electron chi connectivity index (χ0n) is 14.5. The highest BCUT2D eigenvalue weighted by Gasteiger charge is 2.22. The summed E-state index contributed by atoms with van der Waals surface area (Å²) in [6.07, 6.45) is 0. The van der Waals surface area contributed by atoms with Gasteiger partial charge in [0.15, 0.2) is 0 Å². The van der Waals surface area contributed by atoms with Gasteiger partial charge in [0.2, 0.25) is 10.9 Å². The lowest BCUT2D eigenvalue weighted by Crippen LogP contribution is -2.27. The number of rotatable bonds is 0. The highest BCUT2D eigenvalue weighted by Crippen LogP contribution is 2.41. The van der Waals surface area contributed by atoms with E-state index in [1.807, 2.05) is 54.6 Å². The molecule has 0 unspecified atom stereocenters. The van der Waals surface area contributed by atoms with Crippen LogP contribution in [0, 0.1) is 0 Å². The molecule has 0 spiro atoms. The van der Waals surface area contributed by atoms with Crippen molar-refractivity contribution in [1.29, 1.82) is 0 Å². The van der Waals surface area contributed by atoms with Gasteiger partial charge in [-0.25, -0.2) is 0 Å². The van der Waals surface area contributed by atoms with E-state index in [0.29, 0.717) is 10.0 Å². The zero-order chi connectivity index (χ0) is 19.4. The summed E-state index contributed by atoms with van der Waals surface area (Å²) < 4.78 is 0.867. The van der Waals surface area contributed by atoms with E-state index in [-0.39, 0.29) is 4.47 Å². The Balaban J connectivity index is 2.34. The van der Waals surface area contributed by atoms with E-state index in [1.165, 1.54) is 0 Å². The fraction of sp³-hybridized carbons (Fsp3) is 0. The van der Waals surface area contributed by atoms with Crippen molar-refractivity contribution in [2.45, 2.75) is 0 Å². The minimum atomic E-state index is -0.535. The predicted molar refractivity (Wildman–Crippen MR) is 124 cm³/mol. The molecule has 5 rings (SSSR count). The molecule has 0 saturated heterocycles. The summed E-state index contributed by atoms with van der Waals surface area (Å²) in [6.45, 7) is 0. The normalized spacial score (nSPS) is 11.5. The van der Waals surface area contributed by atoms with Crippen molar-refractivity contribution in [3.8, 4) is 11.1 Å². The van der Waals surface area contributed by atoms with Crippen LogP contribution in [0.4, 0.5) is 0 Å². The lowest BCUT2D eigenvalue weighted by Gasteiger charge is -2.15. The van der Waals surface area contributed by atoms with Crippen molar-refractivity contribution in [2.24, 2.45) is 0 Å². The van der Waals surface area contributed by atoms with Crippen LogP contribution >= 0.6 is 31.9 Å². The van der Waals surface area contributed by atoms with Crippen LogP contribution in [0.15, 0.2) is 91.3 Å². The average molecular weight is 492 g/mol. The van der Waals surface area contributed by atoms with E-state index in [1.54, 1.807) is 0 Å². The van der Waals surface area contributed by atoms with Crippen molar-refractivity contribution in [1.82, 2.24) is 0 Å². The summed E-state index contributed by atoms with van der Waals surface area (Å²) >= 11 is 6.91. The summed E-state index contributed by atoms with van der Waals surface area (Å²) in [5, 5.41) is 5.80. The molecular formula is C24H12Br2O2. The van der Waals surface area contributed by atoms with Crippen LogP contribution in [-0.2, 0) is 0 Å². The van der Waals surface area contributed by atoms with E-state index in [2.05, 4.69) is 50.1 Å². The molecule has 0 bridgehead atoms. The average Bonchev–Trinajstić information content (AvgIpc) is 2.74. The van der Waals surface area contributed by atoms with Gasteiger partial charge in [0.1, 0.15) is 0 Å². The minimum Gasteiger partial charge on any atom is -0.285 e. The van der Waals surface area contributed by atoms with Crippen LogP contribution in [0.2, 0.25) is 0 Å². The number of halogens is 2. The molecule has 3 aromatic rings. The first-order chi connectivity index (χ1) is 13.6. The van der Waals surface area contributed by atoms with Gasteiger partial charge < -0.3 is 0 Å². The summed E-state index contributed by atoms with van der Waals surface area (Å²) in [5.41, 5.74) is 0.158. The molecule has 2 aliphatic rings. The maximum Gasteiger partial charge on any atom is 0.241 e. The maximum atomic E-state index is 13.2. The van der Waals surface area contributed by atoms with Crippen LogP contribution in [0.3, 0.4) is 0 Å². The first-order valence-electron chi connectivity index (χ1n) is 8.77. The summed E-state index contributed by atoms with van der Waals surface area (Å²) in [7, 11) is 0. The first-order valence-corrected chi connectivity index (χ1v) is 10.4. The van der Waals surface area contributed by atoms with Gasteiger partial charge in [-0.05, 0) is 64.2 Å². The van der Waals surface area contributed by atoms with Crippen LogP contribution in [0.1, 0.15) is 0 Å². The molecular weight excluding hydrogens is 480 g/mol. The fourth-order valence-electron chi connectivity index (χ4n) is 3.98. The lowest BCUT2D eigenvalue weighted by molar-refractivity contribution is 1.42. The Labute approximate surface area is 177 Å². The minimum absolute atomic E-state index is 0.261. The second-order valence-electron chi connectivity index (χ2n) is 6.67. The molecule has 28 heavy (non-hydrogen) atoms. The Bertz CT molecular complexity index is 1520. The first kappa shape index (κ1) is 17.5. The van der Waals surface area contributed by atoms with E-state index in [9.17, 15) is 9.59 Å². The summed E-state index contributed by atoms with van der Waals surface area (Å²) in [4.78, 5) is 25.8. The zero-order valence-corrected chi connectivity index (χ0v) is 17.7. The molecule has 0 atom stereocenters. The summed E-state index contributed by atoms with van der Waals surface area (Å²) in [6, 6.07) is 24.0. The molecule has 134 valence electrons. The molecule has 4 heteroatoms. The lowest BCUT2D eigenvalue weighted by atomic mass is 9.90. The topological polar surface area (TPSA) is 34.1 Å². The third-order valence-electron chi connectivity index (χ3n) is 5.20. The number of hydrogen-bond acceptors (Lipinski definition) is 2. The van der Waals surface area contributed by atoms with Gasteiger partial charge in [-0.1, -0.05) is 72.8 Å². The van der Waals surface area contributed by atoms with Gasteiger partial charge in [-0.2, -0.15) is 0 Å². The molecule has 0 N–H and O–H groups in total. The van der Waals surface area contributed by atoms with Gasteiger partial charge in [0.05, 0.1) is 4.47 Å². The number of hydrogen-bond donors (Lipinski definition) is 0. The largest absolute Gasteiger partial charge is 0.285 e. The predicted octanol–water partition coefficient (Wildman–Crippen LogP) is 6.50. The van der Waals surface area contributed by atoms with Crippen LogP contribution in [0.5, 0.6) is 0 Å². The molecule has 0 saturated carbocycles. The van der Waals surface area contributed by atoms with Gasteiger partial charge in [-0.15, -0.1) is 0 Å². The Morgan fingerprint density at radius 1 is 0.429 bits per heavy atom. The van der Waals surface area contributed by atoms with Crippen LogP contribution < -0.4 is 10.9 Å². The molecule has 2 nitrogen and oxygen atoms in total. The molecule has 0 heterocycles. The molecule has 0 fully saturated rings. The van der Waals surface area contributed by atoms with Crippen molar-refractivity contribution in [3.63, 3.8) is 0 Å². The van der Waals surface area contributed by atoms with Crippen LogP contribution in [-0.4, -0.2) is 0 Å². The Hall–Kier alpha value is -2.56. The molecule has 0 amide bonds. The Morgan fingerprint density at radius 3 is 1.25 bits per heavy atom. The third kappa shape index (κ3) is 2.38. The second kappa shape index (κ2) is 6.50. The third-order valence-corrected chi connectivity index (χ3v) is 7.28. The van der Waals surface area contributed by atoms with Gasteiger partial charge in [0, 0.05) is 15.6 Å². The highest BCUT2D eigenvalue weighted by molar-refractivity contribution is 9.13. The monoisotopic (exact) mass is 490 g/mol. The van der Waals surface area contributed by atoms with Crippen molar-refractivity contribution < 1.29 is 0 Å². The molecule has 0 aliphatic heterocycles. The molecule has 0 radical (unpaired) electrons. The van der Waals surface area contributed by atoms with Gasteiger partial charge in [-0.3, -0.25) is 9.59 Å². The SMILES string of the molecule is O=c1c(Br)c(Br)c2c3ccccc3c3ccccc3c3ccccc3c-2c1=O. The smallest absolute Gasteiger partial charge is 0.241 e. The standard InChI is InChI=1S/C24H12Br2O2/c25-21-19-17-11-5-3-9-15(17)13-7-1-2-8-14(13)16-10-4-6-12-18(16)20(19)23(27)24(28)22(21)26/h1-12H. The van der Waals surface area contributed by atoms with Gasteiger partial charge >= 0.3 is 0 Å². The molecule has 2 aliphatic carbocycles. The second-order valence-corrected chi connectivity index (χ2v) is 8.26. The van der Waals surface area contributed by atoms with E-state index in [4.69, 9.17) is 0 Å². The number of benzene rings is 4. The summed E-state index contributed by atoms with van der Waals surface area (Å²) in [5.74, 6) is 0. The Kier molecular flexibility index (Phi) is 4.07. The molecule has 3 aromatic carbocycles. The van der Waals surface area contributed by atoms with E-state index >= 15 is 0 Å². The fourth-order valence-corrected chi connectivity index (χ4v) is 4.95. The molecule has 0 aromatic heterocycles. The van der Waals surface area contributed by atoms with Crippen molar-refractivity contribution >= 4 is 64.2 Å². The van der Waals surface area contributed by atoms with Crippen molar-refractivity contribution in [2.75, 3.05) is 0 Å². The van der Waals surface area contributed by atoms with Crippen LogP contribution in [0.25, 0.3) is 43.4 Å². The number of fused-ring (bicyclic) bond motifs is 8.